The molecule has 1 aliphatic carbocycles. The highest BCUT2D eigenvalue weighted by Gasteiger charge is 2.29. The van der Waals surface area contributed by atoms with E-state index in [0.29, 0.717) is 5.41 Å². The van der Waals surface area contributed by atoms with Gasteiger partial charge < -0.3 is 5.73 Å². The van der Waals surface area contributed by atoms with Crippen LogP contribution in [0.5, 0.6) is 0 Å². The van der Waals surface area contributed by atoms with Gasteiger partial charge >= 0.3 is 0 Å². The topological polar surface area (TPSA) is 26.0 Å². The van der Waals surface area contributed by atoms with Crippen molar-refractivity contribution in [2.75, 3.05) is 18.6 Å². The Hall–Kier alpha value is 0.310. The number of rotatable bonds is 5. The average Bonchev–Trinajstić information content (AvgIpc) is 2.20. The van der Waals surface area contributed by atoms with Gasteiger partial charge in [0, 0.05) is 0 Å². The van der Waals surface area contributed by atoms with Crippen molar-refractivity contribution in [3.05, 3.63) is 0 Å². The first-order valence-electron chi connectivity index (χ1n) is 5.52. The van der Waals surface area contributed by atoms with E-state index in [2.05, 4.69) is 6.26 Å². The third kappa shape index (κ3) is 3.51. The van der Waals surface area contributed by atoms with E-state index in [0.717, 1.165) is 6.54 Å². The van der Waals surface area contributed by atoms with Gasteiger partial charge in [-0.25, -0.2) is 0 Å². The SMILES string of the molecule is CSCCCC1(CN)CCCCC1. The molecule has 0 atom stereocenters. The van der Waals surface area contributed by atoms with Crippen LogP contribution in [0.15, 0.2) is 0 Å². The molecule has 0 spiro atoms. The standard InChI is InChI=1S/C11H23NS/c1-13-9-5-8-11(10-12)6-3-2-4-7-11/h2-10,12H2,1H3. The molecule has 0 aliphatic heterocycles. The summed E-state index contributed by atoms with van der Waals surface area (Å²) in [6.45, 7) is 0.918. The van der Waals surface area contributed by atoms with Gasteiger partial charge in [0.05, 0.1) is 0 Å². The molecule has 13 heavy (non-hydrogen) atoms. The van der Waals surface area contributed by atoms with E-state index in [4.69, 9.17) is 5.73 Å². The molecule has 0 heterocycles. The Bertz CT molecular complexity index is 130. The summed E-state index contributed by atoms with van der Waals surface area (Å²) in [7, 11) is 0. The third-order valence-electron chi connectivity index (χ3n) is 3.40. The summed E-state index contributed by atoms with van der Waals surface area (Å²) in [6, 6.07) is 0. The van der Waals surface area contributed by atoms with Crippen LogP contribution in [-0.2, 0) is 0 Å². The first-order chi connectivity index (χ1) is 6.33. The van der Waals surface area contributed by atoms with Gasteiger partial charge in [-0.05, 0) is 49.7 Å². The van der Waals surface area contributed by atoms with Gasteiger partial charge in [0.1, 0.15) is 0 Å². The van der Waals surface area contributed by atoms with Gasteiger partial charge in [-0.15, -0.1) is 0 Å². The van der Waals surface area contributed by atoms with Gasteiger partial charge in [-0.3, -0.25) is 0 Å². The van der Waals surface area contributed by atoms with Crippen LogP contribution in [0.2, 0.25) is 0 Å². The van der Waals surface area contributed by atoms with Gasteiger partial charge in [-0.2, -0.15) is 11.8 Å². The van der Waals surface area contributed by atoms with E-state index in [1.807, 2.05) is 11.8 Å². The van der Waals surface area contributed by atoms with Crippen LogP contribution in [0.25, 0.3) is 0 Å². The summed E-state index contributed by atoms with van der Waals surface area (Å²) in [5.41, 5.74) is 6.45. The van der Waals surface area contributed by atoms with Gasteiger partial charge in [0.15, 0.2) is 0 Å². The molecular formula is C11H23NS. The summed E-state index contributed by atoms with van der Waals surface area (Å²) >= 11 is 1.96. The molecular weight excluding hydrogens is 178 g/mol. The lowest BCUT2D eigenvalue weighted by Gasteiger charge is -2.36. The fraction of sp³-hybridized carbons (Fsp3) is 1.00. The summed E-state index contributed by atoms with van der Waals surface area (Å²) in [4.78, 5) is 0. The molecule has 1 saturated carbocycles. The molecule has 0 saturated heterocycles. The zero-order valence-electron chi connectivity index (χ0n) is 8.85. The largest absolute Gasteiger partial charge is 0.330 e. The molecule has 0 amide bonds. The molecule has 0 aromatic rings. The quantitative estimate of drug-likeness (QED) is 0.692. The molecule has 0 unspecified atom stereocenters. The van der Waals surface area contributed by atoms with Crippen LogP contribution in [0.3, 0.4) is 0 Å². The number of thioether (sulfide) groups is 1. The van der Waals surface area contributed by atoms with Crippen molar-refractivity contribution >= 4 is 11.8 Å². The molecule has 1 nitrogen and oxygen atoms in total. The number of hydrogen-bond donors (Lipinski definition) is 1. The zero-order valence-corrected chi connectivity index (χ0v) is 9.67. The first kappa shape index (κ1) is 11.4. The normalized spacial score (nSPS) is 21.7. The minimum absolute atomic E-state index is 0.536. The van der Waals surface area contributed by atoms with E-state index in [1.54, 1.807) is 0 Å². The predicted molar refractivity (Wildman–Crippen MR) is 62.2 cm³/mol. The van der Waals surface area contributed by atoms with E-state index in [9.17, 15) is 0 Å². The monoisotopic (exact) mass is 201 g/mol. The summed E-state index contributed by atoms with van der Waals surface area (Å²) in [6.07, 6.45) is 12.0. The molecule has 1 aliphatic rings. The highest BCUT2D eigenvalue weighted by atomic mass is 32.2. The van der Waals surface area contributed by atoms with Crippen LogP contribution in [0.4, 0.5) is 0 Å². The maximum absolute atomic E-state index is 5.91. The van der Waals surface area contributed by atoms with Crippen molar-refractivity contribution in [3.8, 4) is 0 Å². The first-order valence-corrected chi connectivity index (χ1v) is 6.91. The minimum atomic E-state index is 0.536. The lowest BCUT2D eigenvalue weighted by molar-refractivity contribution is 0.181. The highest BCUT2D eigenvalue weighted by Crippen LogP contribution is 2.39. The Morgan fingerprint density at radius 3 is 2.46 bits per heavy atom. The molecule has 1 rings (SSSR count). The van der Waals surface area contributed by atoms with Gasteiger partial charge in [0.25, 0.3) is 0 Å². The Morgan fingerprint density at radius 1 is 1.23 bits per heavy atom. The minimum Gasteiger partial charge on any atom is -0.330 e. The molecule has 78 valence electrons. The molecule has 2 heteroatoms. The van der Waals surface area contributed by atoms with Crippen molar-refractivity contribution in [2.45, 2.75) is 44.9 Å². The van der Waals surface area contributed by atoms with E-state index in [-0.39, 0.29) is 0 Å². The van der Waals surface area contributed by atoms with Crippen LogP contribution >= 0.6 is 11.8 Å². The summed E-state index contributed by atoms with van der Waals surface area (Å²) in [5, 5.41) is 0. The maximum atomic E-state index is 5.91. The smallest absolute Gasteiger partial charge is 0.00205 e. The number of nitrogens with two attached hydrogens (primary N) is 1. The van der Waals surface area contributed by atoms with Crippen LogP contribution in [0, 0.1) is 5.41 Å². The van der Waals surface area contributed by atoms with Crippen molar-refractivity contribution in [2.24, 2.45) is 11.1 Å². The van der Waals surface area contributed by atoms with Crippen LogP contribution in [0.1, 0.15) is 44.9 Å². The third-order valence-corrected chi connectivity index (χ3v) is 4.10. The second kappa shape index (κ2) is 5.92. The van der Waals surface area contributed by atoms with Gasteiger partial charge in [-0.1, -0.05) is 19.3 Å². The Balaban J connectivity index is 2.29. The summed E-state index contributed by atoms with van der Waals surface area (Å²) in [5.74, 6) is 1.31. The zero-order chi connectivity index (χ0) is 9.57. The van der Waals surface area contributed by atoms with Crippen molar-refractivity contribution in [1.82, 2.24) is 0 Å². The molecule has 1 fully saturated rings. The lowest BCUT2D eigenvalue weighted by atomic mass is 9.71. The second-order valence-electron chi connectivity index (χ2n) is 4.36. The number of hydrogen-bond acceptors (Lipinski definition) is 2. The summed E-state index contributed by atoms with van der Waals surface area (Å²) < 4.78 is 0. The second-order valence-corrected chi connectivity index (χ2v) is 5.35. The average molecular weight is 201 g/mol. The highest BCUT2D eigenvalue weighted by molar-refractivity contribution is 7.98. The van der Waals surface area contributed by atoms with Gasteiger partial charge in [0.2, 0.25) is 0 Å². The van der Waals surface area contributed by atoms with Crippen molar-refractivity contribution in [3.63, 3.8) is 0 Å². The fourth-order valence-corrected chi connectivity index (χ4v) is 2.88. The van der Waals surface area contributed by atoms with E-state index >= 15 is 0 Å². The Kier molecular flexibility index (Phi) is 5.18. The lowest BCUT2D eigenvalue weighted by Crippen LogP contribution is -2.32. The van der Waals surface area contributed by atoms with Crippen molar-refractivity contribution < 1.29 is 0 Å². The van der Waals surface area contributed by atoms with Crippen molar-refractivity contribution in [1.29, 1.82) is 0 Å². The molecule has 0 aromatic heterocycles. The van der Waals surface area contributed by atoms with E-state index < -0.39 is 0 Å². The Morgan fingerprint density at radius 2 is 1.92 bits per heavy atom. The van der Waals surface area contributed by atoms with E-state index in [1.165, 1.54) is 50.7 Å². The molecule has 0 radical (unpaired) electrons. The molecule has 0 aromatic carbocycles. The van der Waals surface area contributed by atoms with Crippen LogP contribution in [-0.4, -0.2) is 18.6 Å². The fourth-order valence-electron chi connectivity index (χ4n) is 2.45. The molecule has 0 bridgehead atoms. The molecule has 2 N–H and O–H groups in total. The predicted octanol–water partition coefficient (Wildman–Crippen LogP) is 3.04. The Labute approximate surface area is 86.8 Å². The van der Waals surface area contributed by atoms with Crippen LogP contribution < -0.4 is 5.73 Å². The maximum Gasteiger partial charge on any atom is -0.00205 e.